The van der Waals surface area contributed by atoms with E-state index in [1.165, 1.54) is 18.2 Å². The molecule has 0 atom stereocenters. The highest BCUT2D eigenvalue weighted by atomic mass is 19.4. The predicted molar refractivity (Wildman–Crippen MR) is 86.1 cm³/mol. The highest BCUT2D eigenvalue weighted by Gasteiger charge is 2.31. The molecule has 1 N–H and O–H groups in total. The zero-order valence-corrected chi connectivity index (χ0v) is 14.0. The molecular formula is C18H16F5NO3. The monoisotopic (exact) mass is 389 g/mol. The van der Waals surface area contributed by atoms with Crippen molar-refractivity contribution in [3.63, 3.8) is 0 Å². The van der Waals surface area contributed by atoms with E-state index in [-0.39, 0.29) is 43.1 Å². The van der Waals surface area contributed by atoms with E-state index in [2.05, 4.69) is 10.1 Å². The maximum absolute atomic E-state index is 13.4. The predicted octanol–water partition coefficient (Wildman–Crippen LogP) is 4.34. The second-order valence-corrected chi connectivity index (χ2v) is 5.46. The van der Waals surface area contributed by atoms with E-state index < -0.39 is 23.9 Å². The molecule has 0 unspecified atom stereocenters. The lowest BCUT2D eigenvalue weighted by Crippen LogP contribution is -2.24. The molecule has 0 aliphatic heterocycles. The SMILES string of the molecule is O=C(CCCOc1ccc(F)cc1F)NCc1ccccc1OC(F)(F)F. The number of hydrogen-bond acceptors (Lipinski definition) is 3. The van der Waals surface area contributed by atoms with Crippen LogP contribution in [-0.4, -0.2) is 18.9 Å². The first-order valence-electron chi connectivity index (χ1n) is 7.93. The van der Waals surface area contributed by atoms with Crippen LogP contribution in [0.4, 0.5) is 22.0 Å². The average Bonchev–Trinajstić information content (AvgIpc) is 2.58. The van der Waals surface area contributed by atoms with E-state index in [0.717, 1.165) is 18.2 Å². The van der Waals surface area contributed by atoms with Crippen LogP contribution >= 0.6 is 0 Å². The van der Waals surface area contributed by atoms with Crippen molar-refractivity contribution in [2.75, 3.05) is 6.61 Å². The topological polar surface area (TPSA) is 47.6 Å². The molecule has 146 valence electrons. The van der Waals surface area contributed by atoms with Gasteiger partial charge in [0.1, 0.15) is 11.6 Å². The van der Waals surface area contributed by atoms with Crippen LogP contribution < -0.4 is 14.8 Å². The van der Waals surface area contributed by atoms with Gasteiger partial charge in [-0.1, -0.05) is 18.2 Å². The van der Waals surface area contributed by atoms with Crippen LogP contribution in [0.5, 0.6) is 11.5 Å². The van der Waals surface area contributed by atoms with Gasteiger partial charge in [-0.3, -0.25) is 4.79 Å². The number of para-hydroxylation sites is 1. The van der Waals surface area contributed by atoms with Crippen LogP contribution in [0.1, 0.15) is 18.4 Å². The Morgan fingerprint density at radius 1 is 1.04 bits per heavy atom. The molecule has 2 aromatic carbocycles. The Balaban J connectivity index is 1.75. The molecule has 0 radical (unpaired) electrons. The van der Waals surface area contributed by atoms with E-state index in [1.54, 1.807) is 0 Å². The first-order chi connectivity index (χ1) is 12.7. The molecule has 1 amide bonds. The van der Waals surface area contributed by atoms with Crippen molar-refractivity contribution < 1.29 is 36.2 Å². The van der Waals surface area contributed by atoms with Crippen molar-refractivity contribution >= 4 is 5.91 Å². The molecule has 9 heteroatoms. The molecule has 2 rings (SSSR count). The number of carbonyl (C=O) groups is 1. The first kappa shape index (κ1) is 20.5. The lowest BCUT2D eigenvalue weighted by Gasteiger charge is -2.13. The van der Waals surface area contributed by atoms with Gasteiger partial charge in [-0.2, -0.15) is 0 Å². The third-order valence-electron chi connectivity index (χ3n) is 3.37. The van der Waals surface area contributed by atoms with Gasteiger partial charge < -0.3 is 14.8 Å². The molecule has 0 aromatic heterocycles. The molecule has 0 heterocycles. The van der Waals surface area contributed by atoms with E-state index in [4.69, 9.17) is 4.74 Å². The molecule has 4 nitrogen and oxygen atoms in total. The number of benzene rings is 2. The maximum Gasteiger partial charge on any atom is 0.573 e. The minimum atomic E-state index is -4.83. The van der Waals surface area contributed by atoms with Crippen molar-refractivity contribution in [2.24, 2.45) is 0 Å². The summed E-state index contributed by atoms with van der Waals surface area (Å²) < 4.78 is 72.2. The number of amides is 1. The van der Waals surface area contributed by atoms with Gasteiger partial charge in [0.25, 0.3) is 0 Å². The Labute approximate surface area is 151 Å². The molecule has 0 spiro atoms. The summed E-state index contributed by atoms with van der Waals surface area (Å²) in [7, 11) is 0. The van der Waals surface area contributed by atoms with E-state index in [1.807, 2.05) is 0 Å². The zero-order valence-electron chi connectivity index (χ0n) is 14.0. The molecule has 0 aliphatic carbocycles. The summed E-state index contributed by atoms with van der Waals surface area (Å²) >= 11 is 0. The smallest absolute Gasteiger partial charge is 0.491 e. The highest BCUT2D eigenvalue weighted by Crippen LogP contribution is 2.26. The standard InChI is InChI=1S/C18H16F5NO3/c19-13-7-8-16(14(20)10-13)26-9-3-6-17(25)24-11-12-4-1-2-5-15(12)27-18(21,22)23/h1-2,4-5,7-8,10H,3,6,9,11H2,(H,24,25). The van der Waals surface area contributed by atoms with Crippen LogP contribution in [0.3, 0.4) is 0 Å². The Morgan fingerprint density at radius 3 is 2.48 bits per heavy atom. The maximum atomic E-state index is 13.4. The van der Waals surface area contributed by atoms with Crippen molar-refractivity contribution in [3.8, 4) is 11.5 Å². The average molecular weight is 389 g/mol. The molecule has 0 saturated heterocycles. The molecule has 0 bridgehead atoms. The van der Waals surface area contributed by atoms with Crippen LogP contribution in [-0.2, 0) is 11.3 Å². The Morgan fingerprint density at radius 2 is 1.78 bits per heavy atom. The van der Waals surface area contributed by atoms with E-state index >= 15 is 0 Å². The van der Waals surface area contributed by atoms with Crippen molar-refractivity contribution in [1.82, 2.24) is 5.32 Å². The van der Waals surface area contributed by atoms with Crippen molar-refractivity contribution in [2.45, 2.75) is 25.7 Å². The third kappa shape index (κ3) is 7.12. The Hall–Kier alpha value is -2.84. The summed E-state index contributed by atoms with van der Waals surface area (Å²) in [6.07, 6.45) is -4.57. The van der Waals surface area contributed by atoms with Gasteiger partial charge in [0.2, 0.25) is 5.91 Å². The van der Waals surface area contributed by atoms with Gasteiger partial charge in [0.05, 0.1) is 6.61 Å². The van der Waals surface area contributed by atoms with Gasteiger partial charge in [-0.15, -0.1) is 13.2 Å². The normalized spacial score (nSPS) is 11.1. The quantitative estimate of drug-likeness (QED) is 0.540. The summed E-state index contributed by atoms with van der Waals surface area (Å²) in [6, 6.07) is 8.34. The van der Waals surface area contributed by atoms with Gasteiger partial charge in [0.15, 0.2) is 11.6 Å². The van der Waals surface area contributed by atoms with Gasteiger partial charge in [-0.25, -0.2) is 8.78 Å². The number of ether oxygens (including phenoxy) is 2. The number of nitrogens with one attached hydrogen (secondary N) is 1. The van der Waals surface area contributed by atoms with Gasteiger partial charge >= 0.3 is 6.36 Å². The molecule has 27 heavy (non-hydrogen) atoms. The summed E-state index contributed by atoms with van der Waals surface area (Å²) in [5, 5.41) is 2.48. The lowest BCUT2D eigenvalue weighted by atomic mass is 10.2. The number of halogens is 5. The number of alkyl halides is 3. The largest absolute Gasteiger partial charge is 0.573 e. The van der Waals surface area contributed by atoms with Gasteiger partial charge in [0, 0.05) is 24.6 Å². The summed E-state index contributed by atoms with van der Waals surface area (Å²) in [6.45, 7) is -0.123. The Bertz CT molecular complexity index is 780. The van der Waals surface area contributed by atoms with Crippen molar-refractivity contribution in [1.29, 1.82) is 0 Å². The minimum Gasteiger partial charge on any atom is -0.491 e. The fraction of sp³-hybridized carbons (Fsp3) is 0.278. The van der Waals surface area contributed by atoms with Crippen LogP contribution in [0, 0.1) is 11.6 Å². The lowest BCUT2D eigenvalue weighted by molar-refractivity contribution is -0.274. The summed E-state index contributed by atoms with van der Waals surface area (Å²) in [5.74, 6) is -2.51. The molecule has 0 fully saturated rings. The fourth-order valence-electron chi connectivity index (χ4n) is 2.16. The zero-order chi connectivity index (χ0) is 19.9. The fourth-order valence-corrected chi connectivity index (χ4v) is 2.16. The molecule has 0 aliphatic rings. The van der Waals surface area contributed by atoms with Crippen LogP contribution in [0.15, 0.2) is 42.5 Å². The first-order valence-corrected chi connectivity index (χ1v) is 7.93. The van der Waals surface area contributed by atoms with Crippen LogP contribution in [0.25, 0.3) is 0 Å². The Kier molecular flexibility index (Phi) is 6.98. The molecule has 2 aromatic rings. The van der Waals surface area contributed by atoms with Crippen LogP contribution in [0.2, 0.25) is 0 Å². The van der Waals surface area contributed by atoms with E-state index in [0.29, 0.717) is 6.07 Å². The molecule has 0 saturated carbocycles. The number of rotatable bonds is 8. The number of hydrogen-bond donors (Lipinski definition) is 1. The van der Waals surface area contributed by atoms with Crippen molar-refractivity contribution in [3.05, 3.63) is 59.7 Å². The molecular weight excluding hydrogens is 373 g/mol. The summed E-state index contributed by atoms with van der Waals surface area (Å²) in [4.78, 5) is 11.8. The third-order valence-corrected chi connectivity index (χ3v) is 3.37. The van der Waals surface area contributed by atoms with Gasteiger partial charge in [-0.05, 0) is 24.6 Å². The number of carbonyl (C=O) groups excluding carboxylic acids is 1. The highest BCUT2D eigenvalue weighted by molar-refractivity contribution is 5.75. The minimum absolute atomic E-state index is 0.0176. The second-order valence-electron chi connectivity index (χ2n) is 5.46. The summed E-state index contributed by atoms with van der Waals surface area (Å²) in [5.41, 5.74) is 0.174. The second kappa shape index (κ2) is 9.20. The van der Waals surface area contributed by atoms with E-state index in [9.17, 15) is 26.7 Å².